The lowest BCUT2D eigenvalue weighted by Gasteiger charge is -2.20. The Kier molecular flexibility index (Phi) is 4.49. The van der Waals surface area contributed by atoms with Gasteiger partial charge in [0.05, 0.1) is 12.6 Å². The summed E-state index contributed by atoms with van der Waals surface area (Å²) in [7, 11) is 2.00. The molecule has 0 aliphatic carbocycles. The molecule has 26 heavy (non-hydrogen) atoms. The van der Waals surface area contributed by atoms with Gasteiger partial charge in [0.15, 0.2) is 0 Å². The Labute approximate surface area is 156 Å². The highest BCUT2D eigenvalue weighted by atomic mass is 35.5. The van der Waals surface area contributed by atoms with E-state index < -0.39 is 0 Å². The fraction of sp³-hybridized carbons (Fsp3) is 0.200. The minimum Gasteiger partial charge on any atom is -0.459 e. The first-order valence-electron chi connectivity index (χ1n) is 8.37. The van der Waals surface area contributed by atoms with Crippen LogP contribution in [-0.4, -0.2) is 22.1 Å². The molecular formula is C20H18ClN3O2. The number of para-hydroxylation sites is 1. The van der Waals surface area contributed by atoms with Crippen LogP contribution >= 0.6 is 11.6 Å². The Morgan fingerprint density at radius 1 is 1.12 bits per heavy atom. The van der Waals surface area contributed by atoms with E-state index in [2.05, 4.69) is 28.0 Å². The van der Waals surface area contributed by atoms with E-state index in [9.17, 15) is 0 Å². The molecule has 0 aliphatic rings. The van der Waals surface area contributed by atoms with Crippen molar-refractivity contribution in [3.8, 4) is 11.4 Å². The van der Waals surface area contributed by atoms with Crippen molar-refractivity contribution in [3.05, 3.63) is 71.3 Å². The van der Waals surface area contributed by atoms with Gasteiger partial charge >= 0.3 is 0 Å². The Hall–Kier alpha value is -2.63. The minimum absolute atomic E-state index is 0.0771. The number of furan rings is 1. The van der Waals surface area contributed by atoms with E-state index in [1.807, 2.05) is 55.6 Å². The van der Waals surface area contributed by atoms with Crippen LogP contribution in [0.2, 0.25) is 5.02 Å². The molecule has 0 saturated carbocycles. The predicted molar refractivity (Wildman–Crippen MR) is 101 cm³/mol. The second-order valence-electron chi connectivity index (χ2n) is 6.30. The fourth-order valence-corrected chi connectivity index (χ4v) is 2.94. The first-order valence-corrected chi connectivity index (χ1v) is 8.75. The number of hydrogen-bond acceptors (Lipinski definition) is 5. The van der Waals surface area contributed by atoms with Crippen LogP contribution < -0.4 is 0 Å². The predicted octanol–water partition coefficient (Wildman–Crippen LogP) is 5.33. The quantitative estimate of drug-likeness (QED) is 0.477. The zero-order valence-corrected chi connectivity index (χ0v) is 15.3. The molecule has 132 valence electrons. The van der Waals surface area contributed by atoms with Crippen molar-refractivity contribution >= 4 is 22.6 Å². The summed E-state index contributed by atoms with van der Waals surface area (Å²) in [6.07, 6.45) is 0. The number of aromatic nitrogens is 2. The van der Waals surface area contributed by atoms with Crippen LogP contribution in [0.3, 0.4) is 0 Å². The van der Waals surface area contributed by atoms with Crippen molar-refractivity contribution < 1.29 is 8.94 Å². The Balaban J connectivity index is 1.49. The monoisotopic (exact) mass is 367 g/mol. The van der Waals surface area contributed by atoms with Crippen LogP contribution in [0, 0.1) is 0 Å². The lowest BCUT2D eigenvalue weighted by atomic mass is 10.2. The van der Waals surface area contributed by atoms with Crippen molar-refractivity contribution in [2.24, 2.45) is 0 Å². The summed E-state index contributed by atoms with van der Waals surface area (Å²) in [6.45, 7) is 2.62. The van der Waals surface area contributed by atoms with E-state index in [4.69, 9.17) is 20.5 Å². The Morgan fingerprint density at radius 3 is 2.65 bits per heavy atom. The molecule has 0 aliphatic heterocycles. The molecule has 0 N–H and O–H groups in total. The summed E-state index contributed by atoms with van der Waals surface area (Å²) in [5.41, 5.74) is 1.77. The maximum absolute atomic E-state index is 5.95. The van der Waals surface area contributed by atoms with Gasteiger partial charge in [-0.05, 0) is 50.4 Å². The van der Waals surface area contributed by atoms with E-state index in [0.717, 1.165) is 22.3 Å². The van der Waals surface area contributed by atoms with Crippen molar-refractivity contribution in [1.29, 1.82) is 0 Å². The molecule has 5 nitrogen and oxygen atoms in total. The van der Waals surface area contributed by atoms with Crippen LogP contribution in [0.15, 0.2) is 63.5 Å². The molecule has 0 amide bonds. The fourth-order valence-electron chi connectivity index (χ4n) is 2.81. The molecule has 0 saturated heterocycles. The molecule has 0 fully saturated rings. The summed E-state index contributed by atoms with van der Waals surface area (Å²) in [4.78, 5) is 6.58. The topological polar surface area (TPSA) is 55.3 Å². The van der Waals surface area contributed by atoms with Gasteiger partial charge in [0.1, 0.15) is 11.3 Å². The molecule has 6 heteroatoms. The third-order valence-corrected chi connectivity index (χ3v) is 4.72. The Morgan fingerprint density at radius 2 is 1.88 bits per heavy atom. The maximum Gasteiger partial charge on any atom is 0.241 e. The highest BCUT2D eigenvalue weighted by Gasteiger charge is 2.19. The second kappa shape index (κ2) is 6.94. The third kappa shape index (κ3) is 3.36. The molecule has 0 spiro atoms. The Bertz CT molecular complexity index is 990. The van der Waals surface area contributed by atoms with Crippen molar-refractivity contribution in [1.82, 2.24) is 15.0 Å². The molecule has 4 aromatic rings. The highest BCUT2D eigenvalue weighted by Crippen LogP contribution is 2.27. The number of halogens is 1. The average molecular weight is 368 g/mol. The van der Waals surface area contributed by atoms with Gasteiger partial charge in [-0.15, -0.1) is 0 Å². The molecule has 0 unspecified atom stereocenters. The molecule has 2 aromatic carbocycles. The van der Waals surface area contributed by atoms with Crippen LogP contribution in [0.4, 0.5) is 0 Å². The SMILES string of the molecule is C[C@H](c1cc2ccccc2o1)N(C)Cc1nc(-c2ccc(Cl)cc2)no1. The van der Waals surface area contributed by atoms with E-state index in [1.54, 1.807) is 0 Å². The number of nitrogens with zero attached hydrogens (tertiary/aromatic N) is 3. The lowest BCUT2D eigenvalue weighted by molar-refractivity contribution is 0.198. The van der Waals surface area contributed by atoms with Crippen LogP contribution in [0.5, 0.6) is 0 Å². The standard InChI is InChI=1S/C20H18ClN3O2/c1-13(18-11-15-5-3-4-6-17(15)25-18)24(2)12-19-22-20(23-26-19)14-7-9-16(21)10-8-14/h3-11,13H,12H2,1-2H3/t13-/m1/s1. The van der Waals surface area contributed by atoms with E-state index >= 15 is 0 Å². The van der Waals surface area contributed by atoms with Crippen molar-refractivity contribution in [2.45, 2.75) is 19.5 Å². The lowest BCUT2D eigenvalue weighted by Crippen LogP contribution is -2.21. The smallest absolute Gasteiger partial charge is 0.241 e. The van der Waals surface area contributed by atoms with Crippen LogP contribution in [-0.2, 0) is 6.54 Å². The molecule has 2 heterocycles. The molecular weight excluding hydrogens is 350 g/mol. The van der Waals surface area contributed by atoms with Crippen LogP contribution in [0.25, 0.3) is 22.4 Å². The van der Waals surface area contributed by atoms with Crippen molar-refractivity contribution in [2.75, 3.05) is 7.05 Å². The largest absolute Gasteiger partial charge is 0.459 e. The van der Waals surface area contributed by atoms with Gasteiger partial charge in [-0.3, -0.25) is 4.90 Å². The van der Waals surface area contributed by atoms with E-state index in [1.165, 1.54) is 0 Å². The van der Waals surface area contributed by atoms with Crippen molar-refractivity contribution in [3.63, 3.8) is 0 Å². The molecule has 4 rings (SSSR count). The second-order valence-corrected chi connectivity index (χ2v) is 6.73. The van der Waals surface area contributed by atoms with Gasteiger partial charge in [0.25, 0.3) is 0 Å². The number of rotatable bonds is 5. The van der Waals surface area contributed by atoms with Gasteiger partial charge in [-0.25, -0.2) is 0 Å². The first-order chi connectivity index (χ1) is 12.6. The van der Waals surface area contributed by atoms with Crippen LogP contribution in [0.1, 0.15) is 24.6 Å². The molecule has 0 bridgehead atoms. The zero-order valence-electron chi connectivity index (χ0n) is 14.5. The maximum atomic E-state index is 5.95. The average Bonchev–Trinajstić information content (AvgIpc) is 3.28. The summed E-state index contributed by atoms with van der Waals surface area (Å²) >= 11 is 5.92. The third-order valence-electron chi connectivity index (χ3n) is 4.47. The van der Waals surface area contributed by atoms with Gasteiger partial charge in [-0.2, -0.15) is 4.98 Å². The van der Waals surface area contributed by atoms with Gasteiger partial charge in [0.2, 0.25) is 11.7 Å². The summed E-state index contributed by atoms with van der Waals surface area (Å²) < 4.78 is 11.4. The van der Waals surface area contributed by atoms with Gasteiger partial charge in [0, 0.05) is 16.0 Å². The summed E-state index contributed by atoms with van der Waals surface area (Å²) in [5.74, 6) is 2.02. The first kappa shape index (κ1) is 16.8. The molecule has 1 atom stereocenters. The number of hydrogen-bond donors (Lipinski definition) is 0. The van der Waals surface area contributed by atoms with E-state index in [-0.39, 0.29) is 6.04 Å². The minimum atomic E-state index is 0.0771. The summed E-state index contributed by atoms with van der Waals surface area (Å²) in [5, 5.41) is 5.84. The number of benzene rings is 2. The normalized spacial score (nSPS) is 12.8. The summed E-state index contributed by atoms with van der Waals surface area (Å²) in [6, 6.07) is 17.5. The van der Waals surface area contributed by atoms with Gasteiger partial charge in [-0.1, -0.05) is 35.0 Å². The molecule has 0 radical (unpaired) electrons. The van der Waals surface area contributed by atoms with E-state index in [0.29, 0.717) is 23.3 Å². The zero-order chi connectivity index (χ0) is 18.1. The highest BCUT2D eigenvalue weighted by molar-refractivity contribution is 6.30. The van der Waals surface area contributed by atoms with Gasteiger partial charge < -0.3 is 8.94 Å². The number of fused-ring (bicyclic) bond motifs is 1. The molecule has 2 aromatic heterocycles.